The van der Waals surface area contributed by atoms with E-state index in [4.69, 9.17) is 4.74 Å². The van der Waals surface area contributed by atoms with E-state index in [0.29, 0.717) is 0 Å². The zero-order valence-corrected chi connectivity index (χ0v) is 8.68. The van der Waals surface area contributed by atoms with Crippen molar-refractivity contribution in [2.24, 2.45) is 10.9 Å². The molecule has 0 saturated carbocycles. The third kappa shape index (κ3) is 4.27. The quantitative estimate of drug-likeness (QED) is 0.532. The molecule has 1 aliphatic heterocycles. The molecule has 1 fully saturated rings. The summed E-state index contributed by atoms with van der Waals surface area (Å²) in [6, 6.07) is 0. The Bertz CT molecular complexity index is 162. The van der Waals surface area contributed by atoms with Gasteiger partial charge >= 0.3 is 0 Å². The predicted molar refractivity (Wildman–Crippen MR) is 55.2 cm³/mol. The fraction of sp³-hybridized carbons (Fsp3) is 0.900. The fourth-order valence-electron chi connectivity index (χ4n) is 1.51. The highest BCUT2D eigenvalue weighted by molar-refractivity contribution is 5.79. The Kier molecular flexibility index (Phi) is 4.83. The van der Waals surface area contributed by atoms with Crippen molar-refractivity contribution in [1.82, 2.24) is 5.32 Å². The molecule has 0 amide bonds. The first-order chi connectivity index (χ1) is 6.33. The van der Waals surface area contributed by atoms with Crippen LogP contribution in [0.4, 0.5) is 0 Å². The Hall–Kier alpha value is -0.570. The molecule has 0 atom stereocenters. The van der Waals surface area contributed by atoms with Crippen LogP contribution in [-0.2, 0) is 4.74 Å². The van der Waals surface area contributed by atoms with E-state index in [1.165, 1.54) is 12.8 Å². The minimum absolute atomic E-state index is 0.738. The van der Waals surface area contributed by atoms with Crippen molar-refractivity contribution in [1.29, 1.82) is 0 Å². The summed E-state index contributed by atoms with van der Waals surface area (Å²) < 4.78 is 5.29. The summed E-state index contributed by atoms with van der Waals surface area (Å²) in [7, 11) is 0. The lowest BCUT2D eigenvalue weighted by molar-refractivity contribution is 0.0689. The van der Waals surface area contributed by atoms with Crippen molar-refractivity contribution in [3.63, 3.8) is 0 Å². The number of aliphatic imine (C=N–C) groups is 1. The van der Waals surface area contributed by atoms with Crippen molar-refractivity contribution < 1.29 is 4.74 Å². The fourth-order valence-corrected chi connectivity index (χ4v) is 1.51. The summed E-state index contributed by atoms with van der Waals surface area (Å²) in [6.07, 6.45) is 2.34. The molecule has 0 spiro atoms. The second-order valence-corrected chi connectivity index (χ2v) is 3.51. The van der Waals surface area contributed by atoms with Crippen LogP contribution < -0.4 is 5.32 Å². The average molecular weight is 184 g/mol. The number of hydrogen-bond acceptors (Lipinski definition) is 2. The van der Waals surface area contributed by atoms with Gasteiger partial charge in [-0.15, -0.1) is 0 Å². The molecule has 0 aromatic rings. The summed E-state index contributed by atoms with van der Waals surface area (Å²) in [5, 5.41) is 3.20. The lowest BCUT2D eigenvalue weighted by Gasteiger charge is -2.20. The molecule has 13 heavy (non-hydrogen) atoms. The highest BCUT2D eigenvalue weighted by atomic mass is 16.5. The first-order valence-electron chi connectivity index (χ1n) is 5.15. The number of amidine groups is 1. The molecule has 0 aromatic heterocycles. The number of hydrogen-bond donors (Lipinski definition) is 1. The third-order valence-electron chi connectivity index (χ3n) is 2.36. The monoisotopic (exact) mass is 184 g/mol. The summed E-state index contributed by atoms with van der Waals surface area (Å²) in [6.45, 7) is 7.88. The van der Waals surface area contributed by atoms with E-state index in [2.05, 4.69) is 17.2 Å². The number of nitrogens with zero attached hydrogens (tertiary/aromatic N) is 1. The van der Waals surface area contributed by atoms with Gasteiger partial charge in [0.2, 0.25) is 0 Å². The van der Waals surface area contributed by atoms with Crippen LogP contribution in [-0.4, -0.2) is 32.1 Å². The zero-order valence-electron chi connectivity index (χ0n) is 8.68. The topological polar surface area (TPSA) is 33.6 Å². The number of ether oxygens (including phenoxy) is 1. The minimum Gasteiger partial charge on any atom is -0.381 e. The Morgan fingerprint density at radius 1 is 1.46 bits per heavy atom. The molecule has 0 unspecified atom stereocenters. The molecule has 76 valence electrons. The second kappa shape index (κ2) is 5.97. The highest BCUT2D eigenvalue weighted by Gasteiger charge is 2.12. The molecule has 0 radical (unpaired) electrons. The Morgan fingerprint density at radius 3 is 2.77 bits per heavy atom. The maximum atomic E-state index is 5.29. The van der Waals surface area contributed by atoms with Gasteiger partial charge in [-0.25, -0.2) is 0 Å². The maximum Gasteiger partial charge on any atom is 0.0931 e. The standard InChI is InChI=1S/C10H20N2O/c1-3-11-9(2)12-8-10-4-6-13-7-5-10/h10H,3-8H2,1-2H3,(H,11,12). The van der Waals surface area contributed by atoms with Crippen LogP contribution in [0.25, 0.3) is 0 Å². The van der Waals surface area contributed by atoms with E-state index in [1.807, 2.05) is 6.92 Å². The molecule has 1 aliphatic rings. The molecule has 1 saturated heterocycles. The Balaban J connectivity index is 2.19. The molecular formula is C10H20N2O. The lowest BCUT2D eigenvalue weighted by atomic mass is 10.0. The molecule has 0 aromatic carbocycles. The largest absolute Gasteiger partial charge is 0.381 e. The van der Waals surface area contributed by atoms with Gasteiger partial charge in [-0.1, -0.05) is 0 Å². The predicted octanol–water partition coefficient (Wildman–Crippen LogP) is 1.44. The van der Waals surface area contributed by atoms with Crippen molar-refractivity contribution in [2.75, 3.05) is 26.3 Å². The van der Waals surface area contributed by atoms with Crippen LogP contribution >= 0.6 is 0 Å². The maximum absolute atomic E-state index is 5.29. The summed E-state index contributed by atoms with van der Waals surface area (Å²) in [5.41, 5.74) is 0. The molecular weight excluding hydrogens is 164 g/mol. The van der Waals surface area contributed by atoms with Gasteiger partial charge in [-0.3, -0.25) is 4.99 Å². The van der Waals surface area contributed by atoms with E-state index < -0.39 is 0 Å². The molecule has 3 nitrogen and oxygen atoms in total. The van der Waals surface area contributed by atoms with Crippen LogP contribution in [0, 0.1) is 5.92 Å². The van der Waals surface area contributed by atoms with Gasteiger partial charge in [0, 0.05) is 26.3 Å². The molecule has 1 rings (SSSR count). The molecule has 0 bridgehead atoms. The van der Waals surface area contributed by atoms with Crippen molar-refractivity contribution in [3.8, 4) is 0 Å². The van der Waals surface area contributed by atoms with Crippen molar-refractivity contribution >= 4 is 5.84 Å². The van der Waals surface area contributed by atoms with Gasteiger partial charge in [0.15, 0.2) is 0 Å². The molecule has 1 heterocycles. The van der Waals surface area contributed by atoms with E-state index in [0.717, 1.165) is 38.1 Å². The van der Waals surface area contributed by atoms with Crippen LogP contribution in [0.5, 0.6) is 0 Å². The lowest BCUT2D eigenvalue weighted by Crippen LogP contribution is -2.23. The van der Waals surface area contributed by atoms with Gasteiger partial charge < -0.3 is 10.1 Å². The Morgan fingerprint density at radius 2 is 2.15 bits per heavy atom. The molecule has 3 heteroatoms. The summed E-state index contributed by atoms with van der Waals surface area (Å²) in [5.74, 6) is 1.80. The van der Waals surface area contributed by atoms with Crippen LogP contribution in [0.15, 0.2) is 4.99 Å². The summed E-state index contributed by atoms with van der Waals surface area (Å²) in [4.78, 5) is 4.49. The van der Waals surface area contributed by atoms with Crippen LogP contribution in [0.3, 0.4) is 0 Å². The first-order valence-corrected chi connectivity index (χ1v) is 5.15. The van der Waals surface area contributed by atoms with E-state index in [1.54, 1.807) is 0 Å². The highest BCUT2D eigenvalue weighted by Crippen LogP contribution is 2.14. The van der Waals surface area contributed by atoms with Gasteiger partial charge in [0.25, 0.3) is 0 Å². The van der Waals surface area contributed by atoms with E-state index in [-0.39, 0.29) is 0 Å². The first kappa shape index (κ1) is 10.5. The minimum atomic E-state index is 0.738. The number of rotatable bonds is 3. The summed E-state index contributed by atoms with van der Waals surface area (Å²) >= 11 is 0. The van der Waals surface area contributed by atoms with E-state index >= 15 is 0 Å². The van der Waals surface area contributed by atoms with Gasteiger partial charge in [-0.2, -0.15) is 0 Å². The molecule has 1 N–H and O–H groups in total. The van der Waals surface area contributed by atoms with Gasteiger partial charge in [0.1, 0.15) is 0 Å². The van der Waals surface area contributed by atoms with Gasteiger partial charge in [-0.05, 0) is 32.6 Å². The van der Waals surface area contributed by atoms with Crippen molar-refractivity contribution in [2.45, 2.75) is 26.7 Å². The van der Waals surface area contributed by atoms with Gasteiger partial charge in [0.05, 0.1) is 5.84 Å². The smallest absolute Gasteiger partial charge is 0.0931 e. The average Bonchev–Trinajstić information content (AvgIpc) is 2.17. The SMILES string of the molecule is CCNC(C)=NCC1CCOCC1. The third-order valence-corrected chi connectivity index (χ3v) is 2.36. The zero-order chi connectivity index (χ0) is 9.52. The van der Waals surface area contributed by atoms with Crippen molar-refractivity contribution in [3.05, 3.63) is 0 Å². The second-order valence-electron chi connectivity index (χ2n) is 3.51. The Labute approximate surface area is 80.6 Å². The van der Waals surface area contributed by atoms with Crippen LogP contribution in [0.2, 0.25) is 0 Å². The number of nitrogens with one attached hydrogen (secondary N) is 1. The normalized spacial score (nSPS) is 20.3. The van der Waals surface area contributed by atoms with E-state index in [9.17, 15) is 0 Å². The molecule has 0 aliphatic carbocycles. The van der Waals surface area contributed by atoms with Crippen LogP contribution in [0.1, 0.15) is 26.7 Å².